The molecule has 9 heteroatoms. The van der Waals surface area contributed by atoms with Gasteiger partial charge in [-0.15, -0.1) is 0 Å². The van der Waals surface area contributed by atoms with Crippen molar-refractivity contribution in [3.8, 4) is 0 Å². The average molecular weight is 413 g/mol. The number of nitrogens with one attached hydrogen (secondary N) is 3. The van der Waals surface area contributed by atoms with Gasteiger partial charge in [0.15, 0.2) is 5.96 Å². The fraction of sp³-hybridized carbons (Fsp3) is 0.632. The minimum Gasteiger partial charge on any atom is -0.383 e. The fourth-order valence-corrected chi connectivity index (χ4v) is 4.01. The summed E-state index contributed by atoms with van der Waals surface area (Å²) >= 11 is 0. The van der Waals surface area contributed by atoms with E-state index in [4.69, 9.17) is 9.47 Å². The molecular formula is C19H32N4O4S. The molecule has 0 spiro atoms. The number of ether oxygens (including phenoxy) is 2. The first-order valence-electron chi connectivity index (χ1n) is 9.62. The minimum absolute atomic E-state index is 0.169. The molecule has 0 radical (unpaired) electrons. The molecule has 1 aromatic carbocycles. The molecule has 158 valence electrons. The van der Waals surface area contributed by atoms with Crippen molar-refractivity contribution in [2.24, 2.45) is 4.99 Å². The quantitative estimate of drug-likeness (QED) is 0.304. The first kappa shape index (κ1) is 22.6. The standard InChI is InChI=1S/C19H32N4O4S/c1-4-20-18(22-15-19(2)9-6-11-27-19)21-14-16-7-5-8-17(13-16)28(24,25)23-10-12-26-3/h5,7-8,13,23H,4,6,9-12,14-15H2,1-3H3,(H2,20,21,22). The number of rotatable bonds is 10. The van der Waals surface area contributed by atoms with Gasteiger partial charge < -0.3 is 20.1 Å². The first-order valence-corrected chi connectivity index (χ1v) is 11.1. The Balaban J connectivity index is 2.01. The smallest absolute Gasteiger partial charge is 0.240 e. The van der Waals surface area contributed by atoms with E-state index in [0.717, 1.165) is 31.6 Å². The monoisotopic (exact) mass is 412 g/mol. The molecule has 8 nitrogen and oxygen atoms in total. The van der Waals surface area contributed by atoms with Crippen molar-refractivity contribution in [2.75, 3.05) is 40.0 Å². The van der Waals surface area contributed by atoms with Gasteiger partial charge in [-0.05, 0) is 44.4 Å². The Hall–Kier alpha value is -1.68. The van der Waals surface area contributed by atoms with Crippen LogP contribution in [0.5, 0.6) is 0 Å². The molecule has 1 saturated heterocycles. The van der Waals surface area contributed by atoms with Crippen LogP contribution < -0.4 is 15.4 Å². The number of benzene rings is 1. The lowest BCUT2D eigenvalue weighted by Gasteiger charge is -2.24. The lowest BCUT2D eigenvalue weighted by atomic mass is 10.0. The van der Waals surface area contributed by atoms with Crippen LogP contribution in [0.4, 0.5) is 0 Å². The van der Waals surface area contributed by atoms with E-state index in [9.17, 15) is 8.42 Å². The number of guanidine groups is 1. The van der Waals surface area contributed by atoms with E-state index in [0.29, 0.717) is 25.7 Å². The van der Waals surface area contributed by atoms with Crippen LogP contribution in [0.2, 0.25) is 0 Å². The second-order valence-corrected chi connectivity index (χ2v) is 8.76. The molecule has 0 bridgehead atoms. The Morgan fingerprint density at radius 3 is 2.86 bits per heavy atom. The highest BCUT2D eigenvalue weighted by Gasteiger charge is 2.29. The summed E-state index contributed by atoms with van der Waals surface area (Å²) in [6.07, 6.45) is 2.10. The maximum Gasteiger partial charge on any atom is 0.240 e. The van der Waals surface area contributed by atoms with Crippen LogP contribution in [-0.4, -0.2) is 59.9 Å². The van der Waals surface area contributed by atoms with Crippen LogP contribution in [0.25, 0.3) is 0 Å². The fourth-order valence-electron chi connectivity index (χ4n) is 2.93. The zero-order chi connectivity index (χ0) is 20.5. The molecule has 0 amide bonds. The molecule has 0 saturated carbocycles. The van der Waals surface area contributed by atoms with E-state index < -0.39 is 10.0 Å². The van der Waals surface area contributed by atoms with Crippen LogP contribution in [0.3, 0.4) is 0 Å². The van der Waals surface area contributed by atoms with E-state index in [1.165, 1.54) is 7.11 Å². The highest BCUT2D eigenvalue weighted by Crippen LogP contribution is 2.23. The molecule has 1 aliphatic rings. The Morgan fingerprint density at radius 2 is 2.18 bits per heavy atom. The Morgan fingerprint density at radius 1 is 1.36 bits per heavy atom. The second-order valence-electron chi connectivity index (χ2n) is 6.99. The summed E-state index contributed by atoms with van der Waals surface area (Å²) in [5.74, 6) is 0.686. The molecule has 1 heterocycles. The molecule has 1 aromatic rings. The summed E-state index contributed by atoms with van der Waals surface area (Å²) in [7, 11) is -2.03. The lowest BCUT2D eigenvalue weighted by Crippen LogP contribution is -2.45. The van der Waals surface area contributed by atoms with Crippen LogP contribution in [0.15, 0.2) is 34.2 Å². The largest absolute Gasteiger partial charge is 0.383 e. The molecule has 0 aliphatic carbocycles. The van der Waals surface area contributed by atoms with Gasteiger partial charge in [-0.1, -0.05) is 12.1 Å². The van der Waals surface area contributed by atoms with Crippen molar-refractivity contribution in [3.05, 3.63) is 29.8 Å². The third-order valence-corrected chi connectivity index (χ3v) is 5.96. The number of methoxy groups -OCH3 is 1. The van der Waals surface area contributed by atoms with E-state index in [2.05, 4.69) is 27.3 Å². The third kappa shape index (κ3) is 7.05. The summed E-state index contributed by atoms with van der Waals surface area (Å²) in [5.41, 5.74) is 0.646. The molecule has 2 rings (SSSR count). The first-order chi connectivity index (χ1) is 13.4. The Bertz CT molecular complexity index is 746. The highest BCUT2D eigenvalue weighted by molar-refractivity contribution is 7.89. The molecule has 1 atom stereocenters. The van der Waals surface area contributed by atoms with E-state index in [-0.39, 0.29) is 17.0 Å². The van der Waals surface area contributed by atoms with E-state index >= 15 is 0 Å². The molecule has 1 fully saturated rings. The van der Waals surface area contributed by atoms with E-state index in [1.807, 2.05) is 13.0 Å². The van der Waals surface area contributed by atoms with Crippen molar-refractivity contribution >= 4 is 16.0 Å². The number of aliphatic imine (C=N–C) groups is 1. The maximum absolute atomic E-state index is 12.3. The predicted octanol–water partition coefficient (Wildman–Crippen LogP) is 1.24. The summed E-state index contributed by atoms with van der Waals surface area (Å²) in [4.78, 5) is 4.80. The van der Waals surface area contributed by atoms with Gasteiger partial charge in [0.25, 0.3) is 0 Å². The van der Waals surface area contributed by atoms with Gasteiger partial charge in [0, 0.05) is 33.4 Å². The predicted molar refractivity (Wildman–Crippen MR) is 110 cm³/mol. The summed E-state index contributed by atoms with van der Waals surface area (Å²) in [6, 6.07) is 6.81. The number of hydrogen-bond acceptors (Lipinski definition) is 5. The van der Waals surface area contributed by atoms with E-state index in [1.54, 1.807) is 18.2 Å². The third-order valence-electron chi connectivity index (χ3n) is 4.50. The van der Waals surface area contributed by atoms with Crippen molar-refractivity contribution in [1.82, 2.24) is 15.4 Å². The summed E-state index contributed by atoms with van der Waals surface area (Å²) < 4.78 is 37.9. The van der Waals surface area contributed by atoms with Gasteiger partial charge in [-0.2, -0.15) is 0 Å². The van der Waals surface area contributed by atoms with Gasteiger partial charge in [0.2, 0.25) is 10.0 Å². The summed E-state index contributed by atoms with van der Waals surface area (Å²) in [6.45, 7) is 7.24. The molecular weight excluding hydrogens is 380 g/mol. The van der Waals surface area contributed by atoms with Gasteiger partial charge in [-0.25, -0.2) is 18.1 Å². The Labute approximate surface area is 168 Å². The van der Waals surface area contributed by atoms with Gasteiger partial charge >= 0.3 is 0 Å². The van der Waals surface area contributed by atoms with Crippen molar-refractivity contribution in [1.29, 1.82) is 0 Å². The lowest BCUT2D eigenvalue weighted by molar-refractivity contribution is 0.0243. The molecule has 0 aromatic heterocycles. The normalized spacial score (nSPS) is 20.3. The number of sulfonamides is 1. The summed E-state index contributed by atoms with van der Waals surface area (Å²) in [5, 5.41) is 6.53. The molecule has 1 aliphatic heterocycles. The SMILES string of the molecule is CCNC(=NCc1cccc(S(=O)(=O)NCCOC)c1)NCC1(C)CCCO1. The Kier molecular flexibility index (Phi) is 8.68. The van der Waals surface area contributed by atoms with Crippen LogP contribution in [-0.2, 0) is 26.0 Å². The molecule has 28 heavy (non-hydrogen) atoms. The number of hydrogen-bond donors (Lipinski definition) is 3. The van der Waals surface area contributed by atoms with Gasteiger partial charge in [0.1, 0.15) is 0 Å². The van der Waals surface area contributed by atoms with Crippen molar-refractivity contribution < 1.29 is 17.9 Å². The topological polar surface area (TPSA) is 101 Å². The zero-order valence-corrected chi connectivity index (χ0v) is 17.8. The highest BCUT2D eigenvalue weighted by atomic mass is 32.2. The van der Waals surface area contributed by atoms with Crippen LogP contribution in [0.1, 0.15) is 32.3 Å². The van der Waals surface area contributed by atoms with Crippen molar-refractivity contribution in [2.45, 2.75) is 43.7 Å². The molecule has 3 N–H and O–H groups in total. The van der Waals surface area contributed by atoms with Gasteiger partial charge in [0.05, 0.1) is 23.6 Å². The average Bonchev–Trinajstić information content (AvgIpc) is 3.11. The van der Waals surface area contributed by atoms with Crippen LogP contribution in [0, 0.1) is 0 Å². The minimum atomic E-state index is -3.56. The number of nitrogens with zero attached hydrogens (tertiary/aromatic N) is 1. The zero-order valence-electron chi connectivity index (χ0n) is 17.0. The second kappa shape index (κ2) is 10.8. The maximum atomic E-state index is 12.3. The van der Waals surface area contributed by atoms with Crippen molar-refractivity contribution in [3.63, 3.8) is 0 Å². The molecule has 1 unspecified atom stereocenters. The van der Waals surface area contributed by atoms with Gasteiger partial charge in [-0.3, -0.25) is 0 Å². The van der Waals surface area contributed by atoms with Crippen LogP contribution >= 0.6 is 0 Å².